The summed E-state index contributed by atoms with van der Waals surface area (Å²) < 4.78 is 76.9. The number of sulfonamides is 1. The van der Waals surface area contributed by atoms with Crippen LogP contribution in [0.3, 0.4) is 0 Å². The summed E-state index contributed by atoms with van der Waals surface area (Å²) in [5, 5.41) is 0. The first-order chi connectivity index (χ1) is 15.7. The van der Waals surface area contributed by atoms with Crippen molar-refractivity contribution in [3.8, 4) is 0 Å². The highest BCUT2D eigenvalue weighted by molar-refractivity contribution is 8.67. The van der Waals surface area contributed by atoms with Crippen LogP contribution in [0.15, 0.2) is 53.4 Å². The lowest BCUT2D eigenvalue weighted by atomic mass is 10.3. The summed E-state index contributed by atoms with van der Waals surface area (Å²) in [5.41, 5.74) is 1.83. The first-order valence-corrected chi connectivity index (χ1v) is 15.5. The Kier molecular flexibility index (Phi) is 7.26. The molecule has 186 valence electrons. The highest BCUT2D eigenvalue weighted by atomic mass is 33.2. The van der Waals surface area contributed by atoms with Gasteiger partial charge >= 0.3 is 9.06 Å². The molecule has 0 aliphatic rings. The summed E-state index contributed by atoms with van der Waals surface area (Å²) >= 11 is 0. The maximum Gasteiger partial charge on any atom is 0.338 e. The Morgan fingerprint density at radius 2 is 1.53 bits per heavy atom. The Labute approximate surface area is 199 Å². The summed E-state index contributed by atoms with van der Waals surface area (Å²) in [6.45, 7) is 0.822. The van der Waals surface area contributed by atoms with Crippen LogP contribution in [0.1, 0.15) is 6.42 Å². The first kappa shape index (κ1) is 25.9. The number of hydrogen-bond acceptors (Lipinski definition) is 8. The molecule has 0 amide bonds. The fraction of sp³-hybridized carbons (Fsp3) is 0.350. The molecule has 0 fully saturated rings. The maximum absolute atomic E-state index is 12.9. The van der Waals surface area contributed by atoms with Crippen LogP contribution >= 0.6 is 0 Å². The monoisotopic (exact) mass is 529 g/mol. The summed E-state index contributed by atoms with van der Waals surface area (Å²) in [4.78, 5) is 6.55. The molecule has 11 nitrogen and oxygen atoms in total. The number of nitrogens with zero attached hydrogens (tertiary/aromatic N) is 4. The number of aryl methyl sites for hydroxylation is 1. The highest BCUT2D eigenvalue weighted by Crippen LogP contribution is 2.21. The second-order valence-corrected chi connectivity index (χ2v) is 15.5. The number of para-hydroxylation sites is 2. The molecule has 1 N–H and O–H groups in total. The zero-order valence-corrected chi connectivity index (χ0v) is 21.7. The molecule has 3 aromatic rings. The molecule has 3 rings (SSSR count). The molecule has 2 aromatic carbocycles. The van der Waals surface area contributed by atoms with E-state index >= 15 is 0 Å². The van der Waals surface area contributed by atoms with E-state index < -0.39 is 27.9 Å². The van der Waals surface area contributed by atoms with Crippen LogP contribution in [-0.4, -0.2) is 72.6 Å². The van der Waals surface area contributed by atoms with Crippen LogP contribution in [0, 0.1) is 0 Å². The van der Waals surface area contributed by atoms with Gasteiger partial charge in [-0.05, 0) is 42.8 Å². The summed E-state index contributed by atoms with van der Waals surface area (Å²) in [6.07, 6.45) is 1.11. The van der Waals surface area contributed by atoms with E-state index in [1.807, 2.05) is 52.5 Å². The topological polar surface area (TPSA) is 139 Å². The van der Waals surface area contributed by atoms with Gasteiger partial charge in [-0.15, -0.1) is 0 Å². The van der Waals surface area contributed by atoms with Gasteiger partial charge in [0.15, 0.2) is 0 Å². The quantitative estimate of drug-likeness (QED) is 0.389. The third-order valence-electron chi connectivity index (χ3n) is 5.28. The fourth-order valence-corrected chi connectivity index (χ4v) is 5.85. The molecular weight excluding hydrogens is 502 g/mol. The Hall–Kier alpha value is -2.68. The zero-order valence-electron chi connectivity index (χ0n) is 19.2. The molecule has 1 aromatic heterocycles. The minimum Gasteiger partial charge on any atom is -0.345 e. The number of imidazole rings is 1. The van der Waals surface area contributed by atoms with Gasteiger partial charge in [-0.1, -0.05) is 12.1 Å². The van der Waals surface area contributed by atoms with Gasteiger partial charge in [0.05, 0.1) is 22.2 Å². The fourth-order valence-electron chi connectivity index (χ4n) is 3.32. The summed E-state index contributed by atoms with van der Waals surface area (Å²) in [5.74, 6) is 0.777. The predicted octanol–water partition coefficient (Wildman–Crippen LogP) is 1.42. The molecule has 0 aliphatic carbocycles. The van der Waals surface area contributed by atoms with Crippen LogP contribution in [-0.2, 0) is 35.0 Å². The minimum absolute atomic E-state index is 0.0407. The van der Waals surface area contributed by atoms with Crippen LogP contribution in [0.2, 0.25) is 0 Å². The number of rotatable bonds is 10. The number of benzene rings is 2. The number of hydrogen-bond donors (Lipinski definition) is 1. The molecule has 0 aliphatic heterocycles. The number of fused-ring (bicyclic) bond motifs is 1. The van der Waals surface area contributed by atoms with Gasteiger partial charge in [0.1, 0.15) is 0 Å². The van der Waals surface area contributed by atoms with E-state index in [1.54, 1.807) is 0 Å². The van der Waals surface area contributed by atoms with Crippen molar-refractivity contribution in [2.24, 2.45) is 7.05 Å². The Morgan fingerprint density at radius 1 is 0.912 bits per heavy atom. The average Bonchev–Trinajstić information content (AvgIpc) is 3.09. The number of aromatic nitrogens is 2. The van der Waals surface area contributed by atoms with E-state index in [-0.39, 0.29) is 17.1 Å². The molecule has 1 heterocycles. The second-order valence-electron chi connectivity index (χ2n) is 7.85. The molecule has 0 spiro atoms. The lowest BCUT2D eigenvalue weighted by molar-refractivity contribution is 0.461. The van der Waals surface area contributed by atoms with Gasteiger partial charge in [-0.2, -0.15) is 8.42 Å². The normalized spacial score (nSPS) is 12.9. The largest absolute Gasteiger partial charge is 0.345 e. The Bertz CT molecular complexity index is 1500. The van der Waals surface area contributed by atoms with Gasteiger partial charge in [0.2, 0.25) is 16.0 Å². The lowest BCUT2D eigenvalue weighted by Crippen LogP contribution is -2.31. The SMILES string of the molecule is CN(CCCN(C)S(=O)(=O)c1ccc(NS(=O)(=O)S(C)(=O)=O)cc1)c1nc2ccccc2n1C. The van der Waals surface area contributed by atoms with E-state index in [1.165, 1.54) is 35.6 Å². The van der Waals surface area contributed by atoms with Crippen molar-refractivity contribution in [1.29, 1.82) is 0 Å². The van der Waals surface area contributed by atoms with Crippen molar-refractivity contribution in [3.05, 3.63) is 48.5 Å². The molecule has 0 saturated carbocycles. The number of anilines is 2. The third-order valence-corrected chi connectivity index (χ3v) is 11.1. The van der Waals surface area contributed by atoms with Crippen molar-refractivity contribution in [1.82, 2.24) is 13.9 Å². The minimum atomic E-state index is -4.62. The van der Waals surface area contributed by atoms with Crippen LogP contribution in [0.25, 0.3) is 11.0 Å². The maximum atomic E-state index is 12.9. The van der Waals surface area contributed by atoms with Crippen molar-refractivity contribution in [2.45, 2.75) is 11.3 Å². The standard InChI is InChI=1S/C20H27N5O6S3/c1-23(20-21-18-8-5-6-9-19(18)25(20)3)14-7-15-24(2)33(28,29)17-12-10-16(11-13-17)22-34(30,31)32(4,26)27/h5-6,8-13,22H,7,14-15H2,1-4H3. The third kappa shape index (κ3) is 5.35. The summed E-state index contributed by atoms with van der Waals surface area (Å²) in [7, 11) is -7.53. The first-order valence-electron chi connectivity index (χ1n) is 10.2. The van der Waals surface area contributed by atoms with Crippen LogP contribution < -0.4 is 9.62 Å². The van der Waals surface area contributed by atoms with Crippen molar-refractivity contribution >= 4 is 50.6 Å². The van der Waals surface area contributed by atoms with E-state index in [0.717, 1.165) is 17.0 Å². The smallest absolute Gasteiger partial charge is 0.338 e. The molecular formula is C20H27N5O6S3. The molecule has 0 saturated heterocycles. The van der Waals surface area contributed by atoms with Crippen molar-refractivity contribution in [3.63, 3.8) is 0 Å². The van der Waals surface area contributed by atoms with Crippen LogP contribution in [0.4, 0.5) is 11.6 Å². The Balaban J connectivity index is 1.63. The zero-order chi connectivity index (χ0) is 25.3. The second kappa shape index (κ2) is 9.52. The highest BCUT2D eigenvalue weighted by Gasteiger charge is 2.25. The van der Waals surface area contributed by atoms with Gasteiger partial charge in [-0.3, -0.25) is 4.72 Å². The molecule has 0 unspecified atom stereocenters. The van der Waals surface area contributed by atoms with Crippen LogP contribution in [0.5, 0.6) is 0 Å². The molecule has 34 heavy (non-hydrogen) atoms. The summed E-state index contributed by atoms with van der Waals surface area (Å²) in [6, 6.07) is 12.6. The average molecular weight is 530 g/mol. The van der Waals surface area contributed by atoms with Gasteiger partial charge in [0, 0.05) is 39.9 Å². The van der Waals surface area contributed by atoms with Crippen molar-refractivity contribution < 1.29 is 25.3 Å². The van der Waals surface area contributed by atoms with Gasteiger partial charge < -0.3 is 9.47 Å². The molecule has 0 bridgehead atoms. The van der Waals surface area contributed by atoms with Gasteiger partial charge in [0.25, 0.3) is 8.87 Å². The molecule has 0 atom stereocenters. The van der Waals surface area contributed by atoms with E-state index in [9.17, 15) is 25.3 Å². The van der Waals surface area contributed by atoms with E-state index in [2.05, 4.69) is 4.98 Å². The number of nitrogens with one attached hydrogen (secondary N) is 1. The van der Waals surface area contributed by atoms with Gasteiger partial charge in [-0.25, -0.2) is 26.1 Å². The predicted molar refractivity (Wildman–Crippen MR) is 132 cm³/mol. The molecule has 14 heteroatoms. The van der Waals surface area contributed by atoms with Crippen molar-refractivity contribution in [2.75, 3.05) is 43.1 Å². The molecule has 0 radical (unpaired) electrons. The lowest BCUT2D eigenvalue weighted by Gasteiger charge is -2.21. The van der Waals surface area contributed by atoms with E-state index in [0.29, 0.717) is 19.2 Å². The van der Waals surface area contributed by atoms with E-state index in [4.69, 9.17) is 0 Å². The Morgan fingerprint density at radius 3 is 2.12 bits per heavy atom.